The van der Waals surface area contributed by atoms with Gasteiger partial charge in [-0.3, -0.25) is 4.79 Å². The zero-order valence-electron chi connectivity index (χ0n) is 13.7. The van der Waals surface area contributed by atoms with E-state index in [-0.39, 0.29) is 22.4 Å². The van der Waals surface area contributed by atoms with E-state index in [0.29, 0.717) is 18.7 Å². The number of pyridine rings is 1. The van der Waals surface area contributed by atoms with Crippen molar-refractivity contribution in [3.8, 4) is 0 Å². The second kappa shape index (κ2) is 7.74. The molecule has 134 valence electrons. The maximum Gasteiger partial charge on any atom is 0.418 e. The molecule has 0 fully saturated rings. The molecule has 2 aromatic rings. The van der Waals surface area contributed by atoms with Crippen molar-refractivity contribution in [1.29, 1.82) is 0 Å². The molecule has 1 aromatic carbocycles. The highest BCUT2D eigenvalue weighted by Crippen LogP contribution is 2.37. The first-order valence-electron chi connectivity index (χ1n) is 7.65. The van der Waals surface area contributed by atoms with E-state index in [4.69, 9.17) is 11.6 Å². The molecule has 4 nitrogen and oxygen atoms in total. The monoisotopic (exact) mass is 371 g/mol. The number of alkyl halides is 3. The van der Waals surface area contributed by atoms with Gasteiger partial charge < -0.3 is 10.2 Å². The predicted molar refractivity (Wildman–Crippen MR) is 91.2 cm³/mol. The maximum atomic E-state index is 13.2. The van der Waals surface area contributed by atoms with Gasteiger partial charge in [0.1, 0.15) is 5.82 Å². The Morgan fingerprint density at radius 3 is 2.48 bits per heavy atom. The molecule has 0 unspecified atom stereocenters. The summed E-state index contributed by atoms with van der Waals surface area (Å²) >= 11 is 5.67. The van der Waals surface area contributed by atoms with Crippen LogP contribution in [0.25, 0.3) is 0 Å². The summed E-state index contributed by atoms with van der Waals surface area (Å²) in [6, 6.07) is 6.37. The Balaban J connectivity index is 2.34. The van der Waals surface area contributed by atoms with Crippen LogP contribution in [0.3, 0.4) is 0 Å². The summed E-state index contributed by atoms with van der Waals surface area (Å²) in [7, 11) is 0. The molecular weight excluding hydrogens is 355 g/mol. The minimum absolute atomic E-state index is 0.0173. The smallest absolute Gasteiger partial charge is 0.340 e. The van der Waals surface area contributed by atoms with Gasteiger partial charge in [-0.25, -0.2) is 4.98 Å². The molecule has 1 aromatic heterocycles. The standard InChI is InChI=1S/C17H17ClF3N3O/c1-3-24(4-2)16(25)11-7-8-22-15(9-11)23-14-6-5-12(18)10-13(14)17(19,20)21/h5-10H,3-4H2,1-2H3,(H,22,23). The van der Waals surface area contributed by atoms with Crippen LogP contribution in [0, 0.1) is 0 Å². The number of halogens is 4. The van der Waals surface area contributed by atoms with Crippen molar-refractivity contribution < 1.29 is 18.0 Å². The van der Waals surface area contributed by atoms with Crippen molar-refractivity contribution >= 4 is 29.0 Å². The lowest BCUT2D eigenvalue weighted by Gasteiger charge is -2.19. The van der Waals surface area contributed by atoms with Crippen LogP contribution in [-0.4, -0.2) is 28.9 Å². The van der Waals surface area contributed by atoms with Gasteiger partial charge in [-0.1, -0.05) is 11.6 Å². The van der Waals surface area contributed by atoms with Gasteiger partial charge in [0.15, 0.2) is 0 Å². The Morgan fingerprint density at radius 2 is 1.88 bits per heavy atom. The maximum absolute atomic E-state index is 13.2. The lowest BCUT2D eigenvalue weighted by Crippen LogP contribution is -2.30. The third-order valence-corrected chi connectivity index (χ3v) is 3.84. The van der Waals surface area contributed by atoms with Gasteiger partial charge in [0.25, 0.3) is 5.91 Å². The minimum Gasteiger partial charge on any atom is -0.340 e. The number of benzene rings is 1. The van der Waals surface area contributed by atoms with Crippen molar-refractivity contribution in [1.82, 2.24) is 9.88 Å². The average molecular weight is 372 g/mol. The fourth-order valence-electron chi connectivity index (χ4n) is 2.32. The Hall–Kier alpha value is -2.28. The molecule has 1 N–H and O–H groups in total. The second-order valence-electron chi connectivity index (χ2n) is 5.22. The van der Waals surface area contributed by atoms with Gasteiger partial charge >= 0.3 is 6.18 Å². The van der Waals surface area contributed by atoms with E-state index in [1.165, 1.54) is 30.5 Å². The summed E-state index contributed by atoms with van der Waals surface area (Å²) in [5, 5.41) is 2.60. The average Bonchev–Trinajstić information content (AvgIpc) is 2.57. The molecule has 0 aliphatic rings. The van der Waals surface area contributed by atoms with E-state index < -0.39 is 11.7 Å². The van der Waals surface area contributed by atoms with Gasteiger partial charge in [0.2, 0.25) is 0 Å². The molecule has 2 rings (SSSR count). The minimum atomic E-state index is -4.57. The predicted octanol–water partition coefficient (Wildman–Crippen LogP) is 4.98. The number of hydrogen-bond acceptors (Lipinski definition) is 3. The van der Waals surface area contributed by atoms with Crippen molar-refractivity contribution in [2.75, 3.05) is 18.4 Å². The van der Waals surface area contributed by atoms with Gasteiger partial charge in [-0.15, -0.1) is 0 Å². The van der Waals surface area contributed by atoms with E-state index in [9.17, 15) is 18.0 Å². The summed E-state index contributed by atoms with van der Waals surface area (Å²) in [4.78, 5) is 18.0. The second-order valence-corrected chi connectivity index (χ2v) is 5.66. The molecule has 25 heavy (non-hydrogen) atoms. The summed E-state index contributed by atoms with van der Waals surface area (Å²) in [6.45, 7) is 4.78. The molecule has 1 amide bonds. The summed E-state index contributed by atoms with van der Waals surface area (Å²) < 4.78 is 39.5. The summed E-state index contributed by atoms with van der Waals surface area (Å²) in [6.07, 6.45) is -3.19. The van der Waals surface area contributed by atoms with E-state index in [1.807, 2.05) is 13.8 Å². The zero-order valence-corrected chi connectivity index (χ0v) is 14.4. The highest BCUT2D eigenvalue weighted by molar-refractivity contribution is 6.30. The van der Waals surface area contributed by atoms with Gasteiger partial charge in [0.05, 0.1) is 11.3 Å². The van der Waals surface area contributed by atoms with Crippen molar-refractivity contribution in [2.45, 2.75) is 20.0 Å². The quantitative estimate of drug-likeness (QED) is 0.806. The number of carbonyl (C=O) groups excluding carboxylic acids is 1. The van der Waals surface area contributed by atoms with Crippen LogP contribution in [0.5, 0.6) is 0 Å². The first kappa shape index (κ1) is 19.1. The van der Waals surface area contributed by atoms with Gasteiger partial charge in [0, 0.05) is 29.9 Å². The molecule has 8 heteroatoms. The molecule has 0 aliphatic carbocycles. The molecule has 0 aliphatic heterocycles. The van der Waals surface area contributed by atoms with Gasteiger partial charge in [-0.05, 0) is 44.2 Å². The third-order valence-electron chi connectivity index (χ3n) is 3.61. The molecule has 0 spiro atoms. The molecule has 0 saturated heterocycles. The molecule has 1 heterocycles. The largest absolute Gasteiger partial charge is 0.418 e. The van der Waals surface area contributed by atoms with Crippen LogP contribution >= 0.6 is 11.6 Å². The lowest BCUT2D eigenvalue weighted by atomic mass is 10.1. The van der Waals surface area contributed by atoms with Crippen molar-refractivity contribution in [3.05, 3.63) is 52.7 Å². The number of hydrogen-bond donors (Lipinski definition) is 1. The SMILES string of the molecule is CCN(CC)C(=O)c1ccnc(Nc2ccc(Cl)cc2C(F)(F)F)c1. The number of carbonyl (C=O) groups is 1. The normalized spacial score (nSPS) is 11.3. The lowest BCUT2D eigenvalue weighted by molar-refractivity contribution is -0.136. The number of anilines is 2. The zero-order chi connectivity index (χ0) is 18.6. The summed E-state index contributed by atoms with van der Waals surface area (Å²) in [5.74, 6) is -0.0616. The van der Waals surface area contributed by atoms with Gasteiger partial charge in [-0.2, -0.15) is 13.2 Å². The Bertz CT molecular complexity index is 761. The highest BCUT2D eigenvalue weighted by Gasteiger charge is 2.34. The highest BCUT2D eigenvalue weighted by atomic mass is 35.5. The fraction of sp³-hybridized carbons (Fsp3) is 0.294. The molecule has 0 saturated carbocycles. The Labute approximate surface area is 148 Å². The molecule has 0 bridgehead atoms. The van der Waals surface area contributed by atoms with E-state index in [0.717, 1.165) is 6.07 Å². The Kier molecular flexibility index (Phi) is 5.89. The molecular formula is C17H17ClF3N3O. The Morgan fingerprint density at radius 1 is 1.20 bits per heavy atom. The number of rotatable bonds is 5. The molecule has 0 radical (unpaired) electrons. The third kappa shape index (κ3) is 4.63. The van der Waals surface area contributed by atoms with Crippen molar-refractivity contribution in [2.24, 2.45) is 0 Å². The van der Waals surface area contributed by atoms with Crippen molar-refractivity contribution in [3.63, 3.8) is 0 Å². The number of nitrogens with one attached hydrogen (secondary N) is 1. The van der Waals surface area contributed by atoms with Crippen LogP contribution < -0.4 is 5.32 Å². The fourth-order valence-corrected chi connectivity index (χ4v) is 2.50. The first-order valence-corrected chi connectivity index (χ1v) is 8.03. The number of aromatic nitrogens is 1. The van der Waals surface area contributed by atoms with Crippen LogP contribution in [0.1, 0.15) is 29.8 Å². The van der Waals surface area contributed by atoms with Crippen LogP contribution in [-0.2, 0) is 6.18 Å². The van der Waals surface area contributed by atoms with E-state index >= 15 is 0 Å². The molecule has 0 atom stereocenters. The van der Waals surface area contributed by atoms with Crippen LogP contribution in [0.2, 0.25) is 5.02 Å². The van der Waals surface area contributed by atoms with Crippen LogP contribution in [0.15, 0.2) is 36.5 Å². The van der Waals surface area contributed by atoms with Crippen LogP contribution in [0.4, 0.5) is 24.7 Å². The topological polar surface area (TPSA) is 45.2 Å². The summed E-state index contributed by atoms with van der Waals surface area (Å²) in [5.41, 5.74) is -0.733. The van der Waals surface area contributed by atoms with E-state index in [1.54, 1.807) is 4.90 Å². The first-order chi connectivity index (χ1) is 11.8. The van der Waals surface area contributed by atoms with E-state index in [2.05, 4.69) is 10.3 Å². The number of amides is 1. The number of nitrogens with zero attached hydrogens (tertiary/aromatic N) is 2.